The lowest BCUT2D eigenvalue weighted by atomic mass is 10.1. The van der Waals surface area contributed by atoms with Gasteiger partial charge in [0, 0.05) is 6.54 Å². The van der Waals surface area contributed by atoms with E-state index >= 15 is 0 Å². The van der Waals surface area contributed by atoms with Gasteiger partial charge in [-0.25, -0.2) is 13.1 Å². The summed E-state index contributed by atoms with van der Waals surface area (Å²) in [6.07, 6.45) is 1.62. The lowest BCUT2D eigenvalue weighted by Crippen LogP contribution is -2.33. The summed E-state index contributed by atoms with van der Waals surface area (Å²) in [6, 6.07) is 16.4. The highest BCUT2D eigenvalue weighted by molar-refractivity contribution is 7.89. The number of hydrogen-bond donors (Lipinski definition) is 2. The molecule has 0 saturated carbocycles. The Bertz CT molecular complexity index is 697. The maximum absolute atomic E-state index is 12.2. The van der Waals surface area contributed by atoms with Gasteiger partial charge >= 0.3 is 0 Å². The van der Waals surface area contributed by atoms with E-state index in [4.69, 9.17) is 0 Å². The van der Waals surface area contributed by atoms with Crippen molar-refractivity contribution in [1.29, 1.82) is 0 Å². The molecule has 0 radical (unpaired) electrons. The molecule has 2 rings (SSSR count). The van der Waals surface area contributed by atoms with Gasteiger partial charge in [-0.05, 0) is 36.1 Å². The summed E-state index contributed by atoms with van der Waals surface area (Å²) in [7, 11) is -3.59. The minimum absolute atomic E-state index is 0.00601. The van der Waals surface area contributed by atoms with Crippen molar-refractivity contribution in [2.24, 2.45) is 0 Å². The third-order valence-corrected chi connectivity index (χ3v) is 5.03. The summed E-state index contributed by atoms with van der Waals surface area (Å²) in [5, 5.41) is 10.00. The number of aryl methyl sites for hydroxylation is 1. The van der Waals surface area contributed by atoms with Gasteiger partial charge in [-0.3, -0.25) is 0 Å². The standard InChI is InChI=1S/C18H23NO3S/c1-2-6-15-9-11-18(12-10-15)23(21,22)19-14-17(20)13-16-7-4-3-5-8-16/h3-5,7-12,17,19-20H,2,6,13-14H2,1H3. The van der Waals surface area contributed by atoms with Crippen molar-refractivity contribution in [1.82, 2.24) is 4.72 Å². The molecule has 23 heavy (non-hydrogen) atoms. The van der Waals surface area contributed by atoms with E-state index in [0.29, 0.717) is 6.42 Å². The number of sulfonamides is 1. The fraction of sp³-hybridized carbons (Fsp3) is 0.333. The van der Waals surface area contributed by atoms with E-state index in [1.165, 1.54) is 0 Å². The summed E-state index contributed by atoms with van der Waals surface area (Å²) < 4.78 is 26.9. The van der Waals surface area contributed by atoms with Crippen molar-refractivity contribution in [3.05, 3.63) is 65.7 Å². The van der Waals surface area contributed by atoms with Crippen LogP contribution in [0.3, 0.4) is 0 Å². The highest BCUT2D eigenvalue weighted by Crippen LogP contribution is 2.12. The Morgan fingerprint density at radius 3 is 2.26 bits per heavy atom. The molecule has 124 valence electrons. The SMILES string of the molecule is CCCc1ccc(S(=O)(=O)NCC(O)Cc2ccccc2)cc1. The number of hydrogen-bond acceptors (Lipinski definition) is 3. The first-order valence-corrected chi connectivity index (χ1v) is 9.30. The molecule has 0 heterocycles. The van der Waals surface area contributed by atoms with Gasteiger partial charge < -0.3 is 5.11 Å². The average Bonchev–Trinajstić information content (AvgIpc) is 2.55. The maximum atomic E-state index is 12.2. The van der Waals surface area contributed by atoms with Crippen LogP contribution in [0, 0.1) is 0 Å². The van der Waals surface area contributed by atoms with E-state index in [2.05, 4.69) is 11.6 Å². The Morgan fingerprint density at radius 1 is 1.00 bits per heavy atom. The van der Waals surface area contributed by atoms with Crippen molar-refractivity contribution < 1.29 is 13.5 Å². The summed E-state index contributed by atoms with van der Waals surface area (Å²) in [6.45, 7) is 2.08. The first kappa shape index (κ1) is 17.7. The second-order valence-corrected chi connectivity index (χ2v) is 7.36. The Labute approximate surface area is 138 Å². The summed E-state index contributed by atoms with van der Waals surface area (Å²) >= 11 is 0. The molecule has 0 aliphatic carbocycles. The molecule has 0 aromatic heterocycles. The van der Waals surface area contributed by atoms with Gasteiger partial charge in [0.25, 0.3) is 0 Å². The third-order valence-electron chi connectivity index (χ3n) is 3.60. The van der Waals surface area contributed by atoms with E-state index in [9.17, 15) is 13.5 Å². The molecule has 0 fully saturated rings. The van der Waals surface area contributed by atoms with Crippen LogP contribution in [0.2, 0.25) is 0 Å². The molecule has 1 atom stereocenters. The first-order chi connectivity index (χ1) is 11.0. The zero-order valence-electron chi connectivity index (χ0n) is 13.3. The van der Waals surface area contributed by atoms with Crippen molar-refractivity contribution >= 4 is 10.0 Å². The minimum atomic E-state index is -3.59. The predicted molar refractivity (Wildman–Crippen MR) is 91.8 cm³/mol. The zero-order valence-corrected chi connectivity index (χ0v) is 14.1. The van der Waals surface area contributed by atoms with Crippen LogP contribution in [0.4, 0.5) is 0 Å². The molecule has 0 spiro atoms. The molecule has 0 amide bonds. The van der Waals surface area contributed by atoms with Crippen LogP contribution in [-0.4, -0.2) is 26.2 Å². The van der Waals surface area contributed by atoms with Crippen LogP contribution in [-0.2, 0) is 22.9 Å². The molecule has 1 unspecified atom stereocenters. The normalized spacial score (nSPS) is 13.0. The number of aliphatic hydroxyl groups excluding tert-OH is 1. The molecule has 2 N–H and O–H groups in total. The van der Waals surface area contributed by atoms with E-state index in [1.807, 2.05) is 42.5 Å². The maximum Gasteiger partial charge on any atom is 0.240 e. The van der Waals surface area contributed by atoms with Gasteiger partial charge in [0.2, 0.25) is 10.0 Å². The van der Waals surface area contributed by atoms with Crippen molar-refractivity contribution in [3.63, 3.8) is 0 Å². The van der Waals surface area contributed by atoms with Crippen LogP contribution in [0.5, 0.6) is 0 Å². The summed E-state index contributed by atoms with van der Waals surface area (Å²) in [4.78, 5) is 0.226. The lowest BCUT2D eigenvalue weighted by molar-refractivity contribution is 0.179. The van der Waals surface area contributed by atoms with Gasteiger partial charge in [0.05, 0.1) is 11.0 Å². The van der Waals surface area contributed by atoms with Crippen LogP contribution >= 0.6 is 0 Å². The smallest absolute Gasteiger partial charge is 0.240 e. The average molecular weight is 333 g/mol. The predicted octanol–water partition coefficient (Wildman–Crippen LogP) is 2.52. The molecule has 0 bridgehead atoms. The number of benzene rings is 2. The molecule has 0 aliphatic heterocycles. The summed E-state index contributed by atoms with van der Waals surface area (Å²) in [5.41, 5.74) is 2.10. The Hall–Kier alpha value is -1.69. The highest BCUT2D eigenvalue weighted by atomic mass is 32.2. The molecule has 0 saturated heterocycles. The largest absolute Gasteiger partial charge is 0.391 e. The van der Waals surface area contributed by atoms with E-state index in [1.54, 1.807) is 12.1 Å². The van der Waals surface area contributed by atoms with Gasteiger partial charge in [-0.1, -0.05) is 55.8 Å². The van der Waals surface area contributed by atoms with E-state index in [0.717, 1.165) is 24.0 Å². The van der Waals surface area contributed by atoms with Crippen LogP contribution in [0.25, 0.3) is 0 Å². The molecule has 0 aliphatic rings. The van der Waals surface area contributed by atoms with E-state index in [-0.39, 0.29) is 11.4 Å². The number of rotatable bonds is 8. The first-order valence-electron chi connectivity index (χ1n) is 7.82. The van der Waals surface area contributed by atoms with Crippen LogP contribution < -0.4 is 4.72 Å². The molecular formula is C18H23NO3S. The fourth-order valence-corrected chi connectivity index (χ4v) is 3.44. The van der Waals surface area contributed by atoms with Gasteiger partial charge in [-0.15, -0.1) is 0 Å². The molecular weight excluding hydrogens is 310 g/mol. The van der Waals surface area contributed by atoms with Crippen molar-refractivity contribution in [2.75, 3.05) is 6.54 Å². The van der Waals surface area contributed by atoms with Crippen molar-refractivity contribution in [3.8, 4) is 0 Å². The Morgan fingerprint density at radius 2 is 1.65 bits per heavy atom. The van der Waals surface area contributed by atoms with Crippen LogP contribution in [0.1, 0.15) is 24.5 Å². The van der Waals surface area contributed by atoms with E-state index < -0.39 is 16.1 Å². The summed E-state index contributed by atoms with van der Waals surface area (Å²) in [5.74, 6) is 0. The quantitative estimate of drug-likeness (QED) is 0.780. The lowest BCUT2D eigenvalue weighted by Gasteiger charge is -2.12. The molecule has 2 aromatic rings. The molecule has 4 nitrogen and oxygen atoms in total. The van der Waals surface area contributed by atoms with Crippen LogP contribution in [0.15, 0.2) is 59.5 Å². The van der Waals surface area contributed by atoms with Gasteiger partial charge in [-0.2, -0.15) is 0 Å². The highest BCUT2D eigenvalue weighted by Gasteiger charge is 2.16. The zero-order chi connectivity index (χ0) is 16.7. The number of nitrogens with one attached hydrogen (secondary N) is 1. The molecule has 5 heteroatoms. The number of aliphatic hydroxyl groups is 1. The topological polar surface area (TPSA) is 66.4 Å². The third kappa shape index (κ3) is 5.46. The van der Waals surface area contributed by atoms with Gasteiger partial charge in [0.1, 0.15) is 0 Å². The van der Waals surface area contributed by atoms with Crippen molar-refractivity contribution in [2.45, 2.75) is 37.2 Å². The Kier molecular flexibility index (Phi) is 6.33. The fourth-order valence-electron chi connectivity index (χ4n) is 2.37. The second kappa shape index (κ2) is 8.24. The second-order valence-electron chi connectivity index (χ2n) is 5.59. The monoisotopic (exact) mass is 333 g/mol. The Balaban J connectivity index is 1.92. The molecule has 2 aromatic carbocycles. The van der Waals surface area contributed by atoms with Gasteiger partial charge in [0.15, 0.2) is 0 Å². The minimum Gasteiger partial charge on any atom is -0.391 e.